The second-order valence-electron chi connectivity index (χ2n) is 4.55. The Balaban J connectivity index is 2.08. The molecular weight excluding hydrogens is 302 g/mol. The normalized spacial score (nSPS) is 10.1. The fraction of sp³-hybridized carbons (Fsp3) is 0.312. The lowest BCUT2D eigenvalue weighted by Gasteiger charge is -2.14. The minimum atomic E-state index is -0.172. The van der Waals surface area contributed by atoms with Gasteiger partial charge in [0.2, 0.25) is 5.75 Å². The summed E-state index contributed by atoms with van der Waals surface area (Å²) in [6.45, 7) is 0.576. The maximum Gasteiger partial charge on any atom is 0.251 e. The van der Waals surface area contributed by atoms with Crippen molar-refractivity contribution in [3.63, 3.8) is 0 Å². The van der Waals surface area contributed by atoms with Crippen LogP contribution in [-0.4, -0.2) is 33.8 Å². The summed E-state index contributed by atoms with van der Waals surface area (Å²) in [4.78, 5) is 12.2. The number of nitrogens with one attached hydrogen (secondary N) is 1. The highest BCUT2D eigenvalue weighted by molar-refractivity contribution is 7.07. The molecule has 1 amide bonds. The lowest BCUT2D eigenvalue weighted by atomic mass is 10.1. The van der Waals surface area contributed by atoms with Crippen LogP contribution in [0.2, 0.25) is 0 Å². The number of carbonyl (C=O) groups is 1. The third kappa shape index (κ3) is 3.71. The van der Waals surface area contributed by atoms with Gasteiger partial charge >= 0.3 is 0 Å². The lowest BCUT2D eigenvalue weighted by Crippen LogP contribution is -2.25. The number of hydrogen-bond donors (Lipinski definition) is 1. The molecule has 0 aliphatic heterocycles. The first-order valence-electron chi connectivity index (χ1n) is 6.79. The molecule has 0 aliphatic rings. The van der Waals surface area contributed by atoms with Gasteiger partial charge in [0.1, 0.15) is 0 Å². The third-order valence-electron chi connectivity index (χ3n) is 3.21. The maximum absolute atomic E-state index is 12.2. The van der Waals surface area contributed by atoms with E-state index in [2.05, 4.69) is 16.8 Å². The van der Waals surface area contributed by atoms with E-state index in [1.165, 1.54) is 26.9 Å². The standard InChI is InChI=1S/C16H19NO4S/c1-19-13-8-12(9-14(20-2)15(13)21-3)16(18)17-6-4-11-5-7-22-10-11/h5,7-10H,4,6H2,1-3H3,(H,17,18). The Morgan fingerprint density at radius 3 is 2.32 bits per heavy atom. The number of ether oxygens (including phenoxy) is 3. The Hall–Kier alpha value is -2.21. The molecule has 6 heteroatoms. The van der Waals surface area contributed by atoms with Crippen LogP contribution in [0, 0.1) is 0 Å². The predicted molar refractivity (Wildman–Crippen MR) is 86.5 cm³/mol. The molecular formula is C16H19NO4S. The summed E-state index contributed by atoms with van der Waals surface area (Å²) in [5, 5.41) is 6.99. The molecule has 22 heavy (non-hydrogen) atoms. The molecule has 0 saturated heterocycles. The monoisotopic (exact) mass is 321 g/mol. The van der Waals surface area contributed by atoms with Crippen molar-refractivity contribution in [2.24, 2.45) is 0 Å². The van der Waals surface area contributed by atoms with Crippen molar-refractivity contribution in [2.45, 2.75) is 6.42 Å². The number of methoxy groups -OCH3 is 3. The summed E-state index contributed by atoms with van der Waals surface area (Å²) in [5.74, 6) is 1.23. The largest absolute Gasteiger partial charge is 0.493 e. The van der Waals surface area contributed by atoms with E-state index in [1.54, 1.807) is 23.5 Å². The zero-order valence-electron chi connectivity index (χ0n) is 12.8. The van der Waals surface area contributed by atoms with E-state index in [1.807, 2.05) is 5.38 Å². The SMILES string of the molecule is COc1cc(C(=O)NCCc2ccsc2)cc(OC)c1OC. The van der Waals surface area contributed by atoms with Gasteiger partial charge in [0.15, 0.2) is 11.5 Å². The number of amides is 1. The molecule has 5 nitrogen and oxygen atoms in total. The van der Waals surface area contributed by atoms with Crippen molar-refractivity contribution in [2.75, 3.05) is 27.9 Å². The van der Waals surface area contributed by atoms with Crippen molar-refractivity contribution in [1.29, 1.82) is 0 Å². The molecule has 0 fully saturated rings. The molecule has 0 unspecified atom stereocenters. The fourth-order valence-electron chi connectivity index (χ4n) is 2.07. The van der Waals surface area contributed by atoms with E-state index in [9.17, 15) is 4.79 Å². The molecule has 2 rings (SSSR count). The number of thiophene rings is 1. The minimum absolute atomic E-state index is 0.172. The van der Waals surface area contributed by atoms with Crippen molar-refractivity contribution in [1.82, 2.24) is 5.32 Å². The second kappa shape index (κ2) is 7.70. The van der Waals surface area contributed by atoms with E-state index in [4.69, 9.17) is 14.2 Å². The molecule has 0 spiro atoms. The first-order chi connectivity index (χ1) is 10.7. The molecule has 0 atom stereocenters. The summed E-state index contributed by atoms with van der Waals surface area (Å²) in [7, 11) is 4.58. The summed E-state index contributed by atoms with van der Waals surface area (Å²) >= 11 is 1.65. The van der Waals surface area contributed by atoms with Gasteiger partial charge in [-0.25, -0.2) is 0 Å². The van der Waals surface area contributed by atoms with Crippen LogP contribution in [0.15, 0.2) is 29.0 Å². The van der Waals surface area contributed by atoms with Gasteiger partial charge in [0.05, 0.1) is 21.3 Å². The smallest absolute Gasteiger partial charge is 0.251 e. The van der Waals surface area contributed by atoms with Gasteiger partial charge in [-0.3, -0.25) is 4.79 Å². The van der Waals surface area contributed by atoms with E-state index >= 15 is 0 Å². The zero-order chi connectivity index (χ0) is 15.9. The van der Waals surface area contributed by atoms with Gasteiger partial charge in [0, 0.05) is 12.1 Å². The van der Waals surface area contributed by atoms with Crippen molar-refractivity contribution >= 4 is 17.2 Å². The van der Waals surface area contributed by atoms with Crippen LogP contribution in [-0.2, 0) is 6.42 Å². The van der Waals surface area contributed by atoms with E-state index in [0.29, 0.717) is 29.4 Å². The molecule has 0 aliphatic carbocycles. The summed E-state index contributed by atoms with van der Waals surface area (Å²) in [6, 6.07) is 5.33. The summed E-state index contributed by atoms with van der Waals surface area (Å²) < 4.78 is 15.7. The molecule has 0 radical (unpaired) electrons. The molecule has 1 N–H and O–H groups in total. The van der Waals surface area contributed by atoms with Gasteiger partial charge in [-0.05, 0) is 40.9 Å². The molecule has 2 aromatic rings. The van der Waals surface area contributed by atoms with Crippen molar-refractivity contribution in [3.8, 4) is 17.2 Å². The van der Waals surface area contributed by atoms with E-state index in [0.717, 1.165) is 6.42 Å². The number of hydrogen-bond acceptors (Lipinski definition) is 5. The number of benzene rings is 1. The topological polar surface area (TPSA) is 56.8 Å². The van der Waals surface area contributed by atoms with Crippen LogP contribution in [0.25, 0.3) is 0 Å². The van der Waals surface area contributed by atoms with Gasteiger partial charge in [0.25, 0.3) is 5.91 Å². The van der Waals surface area contributed by atoms with Crippen molar-refractivity contribution < 1.29 is 19.0 Å². The Morgan fingerprint density at radius 2 is 1.82 bits per heavy atom. The van der Waals surface area contributed by atoms with Gasteiger partial charge < -0.3 is 19.5 Å². The quantitative estimate of drug-likeness (QED) is 0.852. The van der Waals surface area contributed by atoms with Crippen LogP contribution in [0.5, 0.6) is 17.2 Å². The highest BCUT2D eigenvalue weighted by Crippen LogP contribution is 2.38. The first-order valence-corrected chi connectivity index (χ1v) is 7.73. The summed E-state index contributed by atoms with van der Waals surface area (Å²) in [6.07, 6.45) is 0.805. The molecule has 1 aromatic heterocycles. The van der Waals surface area contributed by atoms with Crippen LogP contribution in [0.4, 0.5) is 0 Å². The van der Waals surface area contributed by atoms with Gasteiger partial charge in [-0.2, -0.15) is 11.3 Å². The Morgan fingerprint density at radius 1 is 1.14 bits per heavy atom. The minimum Gasteiger partial charge on any atom is -0.493 e. The maximum atomic E-state index is 12.2. The average molecular weight is 321 g/mol. The first kappa shape index (κ1) is 16.2. The molecule has 0 saturated carbocycles. The molecule has 118 valence electrons. The fourth-order valence-corrected chi connectivity index (χ4v) is 2.77. The summed E-state index contributed by atoms with van der Waals surface area (Å²) in [5.41, 5.74) is 1.69. The Bertz CT molecular complexity index is 600. The van der Waals surface area contributed by atoms with E-state index in [-0.39, 0.29) is 5.91 Å². The Labute approximate surface area is 133 Å². The highest BCUT2D eigenvalue weighted by atomic mass is 32.1. The number of rotatable bonds is 7. The average Bonchev–Trinajstić information content (AvgIpc) is 3.06. The van der Waals surface area contributed by atoms with Crippen LogP contribution in [0.1, 0.15) is 15.9 Å². The predicted octanol–water partition coefficient (Wildman–Crippen LogP) is 2.75. The molecule has 1 heterocycles. The van der Waals surface area contributed by atoms with Crippen LogP contribution < -0.4 is 19.5 Å². The lowest BCUT2D eigenvalue weighted by molar-refractivity contribution is 0.0953. The van der Waals surface area contributed by atoms with Gasteiger partial charge in [-0.1, -0.05) is 0 Å². The molecule has 0 bridgehead atoms. The molecule has 1 aromatic carbocycles. The third-order valence-corrected chi connectivity index (χ3v) is 3.94. The van der Waals surface area contributed by atoms with Crippen LogP contribution >= 0.6 is 11.3 Å². The Kier molecular flexibility index (Phi) is 5.66. The zero-order valence-corrected chi connectivity index (χ0v) is 13.7. The number of carbonyl (C=O) groups excluding carboxylic acids is 1. The van der Waals surface area contributed by atoms with Crippen molar-refractivity contribution in [3.05, 3.63) is 40.1 Å². The van der Waals surface area contributed by atoms with E-state index < -0.39 is 0 Å². The van der Waals surface area contributed by atoms with Gasteiger partial charge in [-0.15, -0.1) is 0 Å². The second-order valence-corrected chi connectivity index (χ2v) is 5.33. The van der Waals surface area contributed by atoms with Crippen LogP contribution in [0.3, 0.4) is 0 Å². The highest BCUT2D eigenvalue weighted by Gasteiger charge is 2.16.